The average Bonchev–Trinajstić information content (AvgIpc) is 3.52. The van der Waals surface area contributed by atoms with Crippen molar-refractivity contribution in [3.05, 3.63) is 83.0 Å². The lowest BCUT2D eigenvalue weighted by Gasteiger charge is -2.26. The second-order valence-corrected chi connectivity index (χ2v) is 13.0. The molecule has 0 bridgehead atoms. The SMILES string of the molecule is C=C(C)C(=O)OCCCCCCN1C(=O)C2=C(c3ccc(N(C)C)cc3)N(CCCCCCOC)C(=O)C2=C1c1ccc(N(C)C)cc1. The summed E-state index contributed by atoms with van der Waals surface area (Å²) in [4.78, 5) is 48.4. The van der Waals surface area contributed by atoms with Crippen molar-refractivity contribution in [3.63, 3.8) is 0 Å². The van der Waals surface area contributed by atoms with Gasteiger partial charge in [-0.2, -0.15) is 0 Å². The van der Waals surface area contributed by atoms with E-state index in [0.29, 0.717) is 47.8 Å². The third-order valence-electron chi connectivity index (χ3n) is 8.83. The van der Waals surface area contributed by atoms with Gasteiger partial charge in [-0.25, -0.2) is 4.79 Å². The number of benzene rings is 2. The van der Waals surface area contributed by atoms with Gasteiger partial charge >= 0.3 is 5.97 Å². The highest BCUT2D eigenvalue weighted by Gasteiger charge is 2.48. The summed E-state index contributed by atoms with van der Waals surface area (Å²) in [5, 5.41) is 0. The van der Waals surface area contributed by atoms with Crippen LogP contribution in [0, 0.1) is 0 Å². The van der Waals surface area contributed by atoms with E-state index in [9.17, 15) is 14.4 Å². The molecule has 0 radical (unpaired) electrons. The maximum atomic E-state index is 14.5. The number of amides is 2. The topological polar surface area (TPSA) is 82.6 Å². The summed E-state index contributed by atoms with van der Waals surface area (Å²) in [6.45, 7) is 7.37. The van der Waals surface area contributed by atoms with Gasteiger partial charge in [0.2, 0.25) is 0 Å². The molecule has 0 saturated carbocycles. The summed E-state index contributed by atoms with van der Waals surface area (Å²) in [5.41, 5.74) is 6.57. The van der Waals surface area contributed by atoms with Crippen LogP contribution in [0.1, 0.15) is 69.4 Å². The van der Waals surface area contributed by atoms with Crippen molar-refractivity contribution in [2.24, 2.45) is 0 Å². The van der Waals surface area contributed by atoms with Crippen molar-refractivity contribution in [2.75, 3.05) is 71.4 Å². The zero-order valence-electron chi connectivity index (χ0n) is 29.6. The fraction of sp³-hybridized carbons (Fsp3) is 0.462. The van der Waals surface area contributed by atoms with E-state index in [1.54, 1.807) is 14.0 Å². The normalized spacial score (nSPS) is 14.3. The molecule has 2 amide bonds. The van der Waals surface area contributed by atoms with Crippen molar-refractivity contribution in [1.82, 2.24) is 9.80 Å². The van der Waals surface area contributed by atoms with Gasteiger partial charge in [-0.05, 0) is 74.4 Å². The molecule has 0 saturated heterocycles. The first-order chi connectivity index (χ1) is 23.1. The Balaban J connectivity index is 1.67. The van der Waals surface area contributed by atoms with Crippen molar-refractivity contribution >= 4 is 40.6 Å². The Kier molecular flexibility index (Phi) is 13.0. The number of fused-ring (bicyclic) bond motifs is 1. The molecule has 9 nitrogen and oxygen atoms in total. The van der Waals surface area contributed by atoms with Crippen LogP contribution in [0.3, 0.4) is 0 Å². The number of ether oxygens (including phenoxy) is 2. The van der Waals surface area contributed by atoms with Gasteiger partial charge in [0.05, 0.1) is 29.1 Å². The third-order valence-corrected chi connectivity index (χ3v) is 8.83. The van der Waals surface area contributed by atoms with E-state index < -0.39 is 0 Å². The van der Waals surface area contributed by atoms with E-state index >= 15 is 0 Å². The summed E-state index contributed by atoms with van der Waals surface area (Å²) in [7, 11) is 9.68. The van der Waals surface area contributed by atoms with Gasteiger partial charge in [0.25, 0.3) is 11.8 Å². The minimum absolute atomic E-state index is 0.115. The highest BCUT2D eigenvalue weighted by atomic mass is 16.5. The summed E-state index contributed by atoms with van der Waals surface area (Å²) < 4.78 is 10.4. The molecule has 4 rings (SSSR count). The lowest BCUT2D eigenvalue weighted by molar-refractivity contribution is -0.139. The number of nitrogens with zero attached hydrogens (tertiary/aromatic N) is 4. The van der Waals surface area contributed by atoms with E-state index in [2.05, 4.69) is 6.58 Å². The van der Waals surface area contributed by atoms with Crippen LogP contribution < -0.4 is 9.80 Å². The second-order valence-electron chi connectivity index (χ2n) is 13.0. The number of hydrogen-bond donors (Lipinski definition) is 0. The Morgan fingerprint density at radius 2 is 1.04 bits per heavy atom. The van der Waals surface area contributed by atoms with Gasteiger partial charge in [-0.15, -0.1) is 0 Å². The zero-order chi connectivity index (χ0) is 34.8. The van der Waals surface area contributed by atoms with E-state index in [1.807, 2.05) is 96.3 Å². The minimum atomic E-state index is -0.369. The van der Waals surface area contributed by atoms with Crippen LogP contribution in [0.2, 0.25) is 0 Å². The number of carbonyl (C=O) groups is 3. The first-order valence-corrected chi connectivity index (χ1v) is 17.1. The first-order valence-electron chi connectivity index (χ1n) is 17.1. The van der Waals surface area contributed by atoms with E-state index in [4.69, 9.17) is 9.47 Å². The van der Waals surface area contributed by atoms with Gasteiger partial charge in [0.1, 0.15) is 0 Å². The van der Waals surface area contributed by atoms with Crippen molar-refractivity contribution < 1.29 is 23.9 Å². The molecule has 0 atom stereocenters. The highest BCUT2D eigenvalue weighted by Crippen LogP contribution is 2.47. The number of esters is 1. The predicted molar refractivity (Wildman–Crippen MR) is 193 cm³/mol. The molecule has 258 valence electrons. The molecule has 0 N–H and O–H groups in total. The average molecular weight is 657 g/mol. The van der Waals surface area contributed by atoms with Crippen molar-refractivity contribution in [1.29, 1.82) is 0 Å². The Bertz CT molecular complexity index is 1520. The van der Waals surface area contributed by atoms with Gasteiger partial charge in [-0.3, -0.25) is 9.59 Å². The highest BCUT2D eigenvalue weighted by molar-refractivity contribution is 6.30. The summed E-state index contributed by atoms with van der Waals surface area (Å²) in [6, 6.07) is 16.2. The molecule has 2 aliphatic rings. The number of unbranched alkanes of at least 4 members (excludes halogenated alkanes) is 6. The lowest BCUT2D eigenvalue weighted by Crippen LogP contribution is -2.31. The monoisotopic (exact) mass is 656 g/mol. The number of anilines is 2. The molecule has 0 fully saturated rings. The molecular weight excluding hydrogens is 604 g/mol. The molecule has 2 aromatic carbocycles. The smallest absolute Gasteiger partial charge is 0.333 e. The molecule has 2 aliphatic heterocycles. The molecule has 2 heterocycles. The fourth-order valence-corrected chi connectivity index (χ4v) is 6.14. The molecule has 0 aliphatic carbocycles. The summed E-state index contributed by atoms with van der Waals surface area (Å²) in [6.07, 6.45) is 7.03. The molecular formula is C39H52N4O5. The minimum Gasteiger partial charge on any atom is -0.462 e. The van der Waals surface area contributed by atoms with Crippen LogP contribution >= 0.6 is 0 Å². The Morgan fingerprint density at radius 3 is 1.42 bits per heavy atom. The van der Waals surface area contributed by atoms with Gasteiger partial charge < -0.3 is 29.1 Å². The quantitative estimate of drug-likeness (QED) is 0.0969. The summed E-state index contributed by atoms with van der Waals surface area (Å²) >= 11 is 0. The second kappa shape index (κ2) is 17.2. The number of carbonyl (C=O) groups excluding carboxylic acids is 3. The van der Waals surface area contributed by atoms with E-state index in [1.165, 1.54) is 0 Å². The third kappa shape index (κ3) is 8.55. The zero-order valence-corrected chi connectivity index (χ0v) is 29.6. The predicted octanol–water partition coefficient (Wildman–Crippen LogP) is 6.51. The van der Waals surface area contributed by atoms with Crippen LogP contribution in [0.25, 0.3) is 11.4 Å². The van der Waals surface area contributed by atoms with Crippen LogP contribution in [0.4, 0.5) is 11.4 Å². The fourth-order valence-electron chi connectivity index (χ4n) is 6.14. The Hall–Kier alpha value is -4.37. The molecule has 2 aromatic rings. The Morgan fingerprint density at radius 1 is 0.646 bits per heavy atom. The largest absolute Gasteiger partial charge is 0.462 e. The Labute approximate surface area is 286 Å². The van der Waals surface area contributed by atoms with Gasteiger partial charge in [-0.1, -0.05) is 50.1 Å². The van der Waals surface area contributed by atoms with Crippen molar-refractivity contribution in [3.8, 4) is 0 Å². The first kappa shape index (κ1) is 36.5. The summed E-state index contributed by atoms with van der Waals surface area (Å²) in [5.74, 6) is -0.615. The van der Waals surface area contributed by atoms with Crippen LogP contribution in [0.15, 0.2) is 71.8 Å². The van der Waals surface area contributed by atoms with Gasteiger partial charge in [0, 0.05) is 71.9 Å². The van der Waals surface area contributed by atoms with Crippen LogP contribution in [-0.4, -0.2) is 89.2 Å². The molecule has 0 unspecified atom stereocenters. The maximum Gasteiger partial charge on any atom is 0.333 e. The molecule has 0 spiro atoms. The van der Waals surface area contributed by atoms with Crippen LogP contribution in [0.5, 0.6) is 0 Å². The van der Waals surface area contributed by atoms with Crippen molar-refractivity contribution in [2.45, 2.75) is 58.3 Å². The number of hydrogen-bond acceptors (Lipinski definition) is 7. The lowest BCUT2D eigenvalue weighted by atomic mass is 10.0. The maximum absolute atomic E-state index is 14.5. The van der Waals surface area contributed by atoms with E-state index in [-0.39, 0.29) is 17.8 Å². The molecule has 48 heavy (non-hydrogen) atoms. The number of rotatable bonds is 19. The molecule has 0 aromatic heterocycles. The van der Waals surface area contributed by atoms with Gasteiger partial charge in [0.15, 0.2) is 0 Å². The molecule has 9 heteroatoms. The van der Waals surface area contributed by atoms with Crippen LogP contribution in [-0.2, 0) is 23.9 Å². The van der Waals surface area contributed by atoms with E-state index in [0.717, 1.165) is 80.5 Å². The standard InChI is InChI=1S/C39H52N4O5/c1-28(2)39(46)48-27-15-11-9-13-25-43-36(30-18-22-32(23-19-30)41(5)6)34-33(38(43)45)35(29-16-20-31(21-17-29)40(3)4)42(37(34)44)24-12-8-10-14-26-47-7/h16-23H,1,8-15,24-27H2,2-7H3. The number of methoxy groups -OCH3 is 1.